The minimum Gasteiger partial charge on any atom is -0.493 e. The van der Waals surface area contributed by atoms with Gasteiger partial charge < -0.3 is 23.9 Å². The number of fused-ring (bicyclic) bond motifs is 1. The van der Waals surface area contributed by atoms with Crippen LogP contribution in [0.5, 0.6) is 17.2 Å². The van der Waals surface area contributed by atoms with Crippen molar-refractivity contribution in [1.82, 2.24) is 5.32 Å². The number of methoxy groups -OCH3 is 3. The summed E-state index contributed by atoms with van der Waals surface area (Å²) in [6.07, 6.45) is 0. The summed E-state index contributed by atoms with van der Waals surface area (Å²) in [7, 11) is 6.70. The smallest absolute Gasteiger partial charge is 0.204 e. The quantitative estimate of drug-likeness (QED) is 0.911. The van der Waals surface area contributed by atoms with E-state index in [-0.39, 0.29) is 6.04 Å². The molecule has 1 aromatic carbocycles. The maximum atomic E-state index is 5.96. The second-order valence-corrected chi connectivity index (χ2v) is 4.62. The van der Waals surface area contributed by atoms with Crippen molar-refractivity contribution in [3.63, 3.8) is 0 Å². The Bertz CT molecular complexity index is 618. The lowest BCUT2D eigenvalue weighted by Gasteiger charge is -2.12. The number of rotatable bonds is 5. The van der Waals surface area contributed by atoms with Crippen LogP contribution in [0.2, 0.25) is 0 Å². The van der Waals surface area contributed by atoms with Gasteiger partial charge in [0.2, 0.25) is 5.75 Å². The molecule has 0 aliphatic carbocycles. The Labute approximate surface area is 118 Å². The molecule has 1 aromatic heterocycles. The monoisotopic (exact) mass is 279 g/mol. The largest absolute Gasteiger partial charge is 0.493 e. The molecule has 0 radical (unpaired) electrons. The van der Waals surface area contributed by atoms with Crippen LogP contribution in [0.3, 0.4) is 0 Å². The Kier molecular flexibility index (Phi) is 4.09. The van der Waals surface area contributed by atoms with E-state index < -0.39 is 0 Å². The van der Waals surface area contributed by atoms with Crippen molar-refractivity contribution in [2.24, 2.45) is 0 Å². The van der Waals surface area contributed by atoms with Crippen molar-refractivity contribution in [1.29, 1.82) is 0 Å². The van der Waals surface area contributed by atoms with Gasteiger partial charge in [0.15, 0.2) is 11.5 Å². The van der Waals surface area contributed by atoms with Crippen LogP contribution in [0, 0.1) is 6.92 Å². The van der Waals surface area contributed by atoms with E-state index >= 15 is 0 Å². The second-order valence-electron chi connectivity index (χ2n) is 4.62. The normalized spacial score (nSPS) is 12.5. The first-order valence-corrected chi connectivity index (χ1v) is 6.48. The van der Waals surface area contributed by atoms with Gasteiger partial charge in [0.1, 0.15) is 11.3 Å². The van der Waals surface area contributed by atoms with Crippen molar-refractivity contribution in [2.45, 2.75) is 19.9 Å². The number of hydrogen-bond donors (Lipinski definition) is 1. The molecule has 0 aliphatic heterocycles. The molecule has 2 aromatic rings. The number of aryl methyl sites for hydroxylation is 1. The molecule has 1 unspecified atom stereocenters. The first-order valence-electron chi connectivity index (χ1n) is 6.48. The van der Waals surface area contributed by atoms with Gasteiger partial charge in [-0.2, -0.15) is 0 Å². The molecule has 0 saturated carbocycles. The van der Waals surface area contributed by atoms with E-state index in [1.54, 1.807) is 21.3 Å². The Morgan fingerprint density at radius 1 is 1.10 bits per heavy atom. The van der Waals surface area contributed by atoms with Crippen LogP contribution < -0.4 is 19.5 Å². The number of nitrogens with one attached hydrogen (secondary N) is 1. The number of ether oxygens (including phenoxy) is 3. The summed E-state index contributed by atoms with van der Waals surface area (Å²) in [5.41, 5.74) is 1.77. The standard InChI is InChI=1S/C15H21NO4/c1-8-12-10(20-13(8)9(2)16-3)7-11(17-4)14(18-5)15(12)19-6/h7,9,16H,1-6H3. The fraction of sp³-hybridized carbons (Fsp3) is 0.467. The van der Waals surface area contributed by atoms with Gasteiger partial charge in [-0.15, -0.1) is 0 Å². The molecular formula is C15H21NO4. The lowest BCUT2D eigenvalue weighted by molar-refractivity contribution is 0.326. The highest BCUT2D eigenvalue weighted by molar-refractivity contribution is 5.93. The van der Waals surface area contributed by atoms with Gasteiger partial charge >= 0.3 is 0 Å². The first-order chi connectivity index (χ1) is 9.58. The second kappa shape index (κ2) is 5.63. The Hall–Kier alpha value is -1.88. The molecule has 0 amide bonds. The van der Waals surface area contributed by atoms with Gasteiger partial charge in [-0.1, -0.05) is 0 Å². The molecule has 0 spiro atoms. The molecule has 0 fully saturated rings. The van der Waals surface area contributed by atoms with Crippen LogP contribution in [0.4, 0.5) is 0 Å². The van der Waals surface area contributed by atoms with E-state index in [2.05, 4.69) is 5.32 Å². The fourth-order valence-corrected chi connectivity index (χ4v) is 2.43. The molecule has 0 bridgehead atoms. The van der Waals surface area contributed by atoms with E-state index in [1.165, 1.54) is 0 Å². The van der Waals surface area contributed by atoms with Gasteiger partial charge in [0.05, 0.1) is 32.8 Å². The third kappa shape index (κ3) is 2.08. The fourth-order valence-electron chi connectivity index (χ4n) is 2.43. The van der Waals surface area contributed by atoms with E-state index in [0.717, 1.165) is 22.3 Å². The average molecular weight is 279 g/mol. The Morgan fingerprint density at radius 2 is 1.75 bits per heavy atom. The summed E-state index contributed by atoms with van der Waals surface area (Å²) in [4.78, 5) is 0. The van der Waals surface area contributed by atoms with Crippen LogP contribution >= 0.6 is 0 Å². The van der Waals surface area contributed by atoms with E-state index in [1.807, 2.05) is 27.0 Å². The number of benzene rings is 1. The highest BCUT2D eigenvalue weighted by atomic mass is 16.5. The summed E-state index contributed by atoms with van der Waals surface area (Å²) >= 11 is 0. The Balaban J connectivity index is 2.81. The van der Waals surface area contributed by atoms with Crippen molar-refractivity contribution in [3.8, 4) is 17.2 Å². The lowest BCUT2D eigenvalue weighted by atomic mass is 10.1. The van der Waals surface area contributed by atoms with Gasteiger partial charge in [0.25, 0.3) is 0 Å². The molecule has 1 N–H and O–H groups in total. The van der Waals surface area contributed by atoms with Crippen LogP contribution in [0.15, 0.2) is 10.5 Å². The van der Waals surface area contributed by atoms with Crippen molar-refractivity contribution >= 4 is 11.0 Å². The van der Waals surface area contributed by atoms with Crippen molar-refractivity contribution in [2.75, 3.05) is 28.4 Å². The molecule has 1 atom stereocenters. The maximum absolute atomic E-state index is 5.96. The van der Waals surface area contributed by atoms with Crippen LogP contribution in [0.25, 0.3) is 11.0 Å². The zero-order valence-corrected chi connectivity index (χ0v) is 12.8. The van der Waals surface area contributed by atoms with Gasteiger partial charge in [0, 0.05) is 11.6 Å². The van der Waals surface area contributed by atoms with Crippen LogP contribution in [0.1, 0.15) is 24.3 Å². The zero-order valence-electron chi connectivity index (χ0n) is 12.8. The van der Waals surface area contributed by atoms with Gasteiger partial charge in [-0.25, -0.2) is 0 Å². The molecular weight excluding hydrogens is 258 g/mol. The van der Waals surface area contributed by atoms with Gasteiger partial charge in [-0.05, 0) is 20.9 Å². The summed E-state index contributed by atoms with van der Waals surface area (Å²) in [5.74, 6) is 2.69. The predicted octanol–water partition coefficient (Wildman–Crippen LogP) is 3.05. The summed E-state index contributed by atoms with van der Waals surface area (Å²) in [6.45, 7) is 4.06. The molecule has 1 heterocycles. The molecule has 5 heteroatoms. The van der Waals surface area contributed by atoms with Gasteiger partial charge in [-0.3, -0.25) is 0 Å². The molecule has 20 heavy (non-hydrogen) atoms. The molecule has 0 saturated heterocycles. The first kappa shape index (κ1) is 14.5. The minimum absolute atomic E-state index is 0.115. The summed E-state index contributed by atoms with van der Waals surface area (Å²) in [5, 5.41) is 4.10. The highest BCUT2D eigenvalue weighted by Crippen LogP contribution is 2.46. The SMILES string of the molecule is CNC(C)c1oc2cc(OC)c(OC)c(OC)c2c1C. The highest BCUT2D eigenvalue weighted by Gasteiger charge is 2.24. The molecule has 110 valence electrons. The van der Waals surface area contributed by atoms with E-state index in [4.69, 9.17) is 18.6 Å². The Morgan fingerprint density at radius 3 is 2.25 bits per heavy atom. The van der Waals surface area contributed by atoms with E-state index in [0.29, 0.717) is 17.2 Å². The third-order valence-electron chi connectivity index (χ3n) is 3.58. The molecule has 2 rings (SSSR count). The third-order valence-corrected chi connectivity index (χ3v) is 3.58. The zero-order chi connectivity index (χ0) is 14.9. The topological polar surface area (TPSA) is 52.9 Å². The average Bonchev–Trinajstić information content (AvgIpc) is 2.81. The number of furan rings is 1. The number of hydrogen-bond acceptors (Lipinski definition) is 5. The lowest BCUT2D eigenvalue weighted by Crippen LogP contribution is -2.12. The molecule has 5 nitrogen and oxygen atoms in total. The summed E-state index contributed by atoms with van der Waals surface area (Å²) in [6, 6.07) is 1.94. The maximum Gasteiger partial charge on any atom is 0.204 e. The summed E-state index contributed by atoms with van der Waals surface area (Å²) < 4.78 is 22.2. The predicted molar refractivity (Wildman–Crippen MR) is 78.1 cm³/mol. The van der Waals surface area contributed by atoms with Crippen LogP contribution in [-0.4, -0.2) is 28.4 Å². The molecule has 0 aliphatic rings. The van der Waals surface area contributed by atoms with E-state index in [9.17, 15) is 0 Å². The minimum atomic E-state index is 0.115. The van der Waals surface area contributed by atoms with Crippen molar-refractivity contribution in [3.05, 3.63) is 17.4 Å². The van der Waals surface area contributed by atoms with Crippen LogP contribution in [-0.2, 0) is 0 Å². The van der Waals surface area contributed by atoms with Crippen molar-refractivity contribution < 1.29 is 18.6 Å².